The SMILES string of the molecule is CCC(C)C(NC(=O)[C@H](C(C)C)[C@@H](O)[C@H](O)[C@H](CC1CCCCC1)NC(=O)c1ncccc1OCSc1ccccc1)C(=O)NCc1nc2ccccc2[nH]1. The third-order valence-corrected chi connectivity index (χ3v) is 11.5. The summed E-state index contributed by atoms with van der Waals surface area (Å²) < 4.78 is 5.98. The van der Waals surface area contributed by atoms with Crippen molar-refractivity contribution < 1.29 is 29.3 Å². The van der Waals surface area contributed by atoms with E-state index in [1.165, 1.54) is 18.0 Å². The third-order valence-electron chi connectivity index (χ3n) is 10.6. The molecule has 5 rings (SSSR count). The molecule has 0 aliphatic heterocycles. The highest BCUT2D eigenvalue weighted by molar-refractivity contribution is 7.99. The van der Waals surface area contributed by atoms with Crippen molar-refractivity contribution in [2.45, 2.75) is 108 Å². The van der Waals surface area contributed by atoms with Crippen molar-refractivity contribution in [1.82, 2.24) is 30.9 Å². The number of aromatic amines is 1. The third kappa shape index (κ3) is 11.5. The molecule has 3 amide bonds. The number of carbonyl (C=O) groups excluding carboxylic acids is 3. The van der Waals surface area contributed by atoms with Gasteiger partial charge in [0, 0.05) is 11.1 Å². The number of amides is 3. The van der Waals surface area contributed by atoms with Crippen molar-refractivity contribution in [3.8, 4) is 5.75 Å². The number of nitrogens with zero attached hydrogens (tertiary/aromatic N) is 2. The Balaban J connectivity index is 1.29. The number of ether oxygens (including phenoxy) is 1. The van der Waals surface area contributed by atoms with Crippen LogP contribution in [0.15, 0.2) is 77.8 Å². The maximum atomic E-state index is 14.1. The second kappa shape index (κ2) is 20.5. The van der Waals surface area contributed by atoms with E-state index >= 15 is 0 Å². The lowest BCUT2D eigenvalue weighted by Crippen LogP contribution is -2.57. The molecule has 13 heteroatoms. The first-order valence-electron chi connectivity index (χ1n) is 19.5. The van der Waals surface area contributed by atoms with E-state index in [2.05, 4.69) is 30.9 Å². The Labute approximate surface area is 328 Å². The van der Waals surface area contributed by atoms with E-state index in [-0.39, 0.29) is 35.9 Å². The molecular formula is C42H56N6O6S. The Morgan fingerprint density at radius 1 is 0.909 bits per heavy atom. The van der Waals surface area contributed by atoms with Crippen molar-refractivity contribution in [3.05, 3.63) is 84.4 Å². The van der Waals surface area contributed by atoms with Crippen LogP contribution in [0.25, 0.3) is 11.0 Å². The van der Waals surface area contributed by atoms with Crippen LogP contribution in [0.4, 0.5) is 0 Å². The first-order valence-corrected chi connectivity index (χ1v) is 20.5. The monoisotopic (exact) mass is 772 g/mol. The van der Waals surface area contributed by atoms with Gasteiger partial charge in [-0.3, -0.25) is 14.4 Å². The molecule has 1 aliphatic rings. The number of carbonyl (C=O) groups is 3. The number of rotatable bonds is 19. The minimum atomic E-state index is -1.55. The minimum Gasteiger partial charge on any atom is -0.480 e. The largest absolute Gasteiger partial charge is 0.480 e. The average Bonchev–Trinajstić information content (AvgIpc) is 3.62. The number of fused-ring (bicyclic) bond motifs is 1. The van der Waals surface area contributed by atoms with Gasteiger partial charge in [0.15, 0.2) is 11.4 Å². The molecule has 2 aromatic heterocycles. The Bertz CT molecular complexity index is 1800. The van der Waals surface area contributed by atoms with Gasteiger partial charge in [-0.2, -0.15) is 0 Å². The summed E-state index contributed by atoms with van der Waals surface area (Å²) in [5.74, 6) is -1.84. The number of aromatic nitrogens is 3. The first-order chi connectivity index (χ1) is 26.5. The van der Waals surface area contributed by atoms with Crippen LogP contribution >= 0.6 is 11.8 Å². The number of pyridine rings is 1. The summed E-state index contributed by atoms with van der Waals surface area (Å²) in [4.78, 5) is 54.6. The molecule has 0 radical (unpaired) electrons. The summed E-state index contributed by atoms with van der Waals surface area (Å²) in [7, 11) is 0. The summed E-state index contributed by atoms with van der Waals surface area (Å²) in [5, 5.41) is 32.5. The summed E-state index contributed by atoms with van der Waals surface area (Å²) in [5.41, 5.74) is 1.71. The molecule has 6 N–H and O–H groups in total. The molecule has 0 saturated heterocycles. The zero-order chi connectivity index (χ0) is 39.3. The Morgan fingerprint density at radius 3 is 2.35 bits per heavy atom. The number of H-pyrrole nitrogens is 1. The lowest BCUT2D eigenvalue weighted by atomic mass is 9.79. The number of thioether (sulfide) groups is 1. The number of benzene rings is 2. The number of para-hydroxylation sites is 2. The van der Waals surface area contributed by atoms with Gasteiger partial charge in [-0.15, -0.1) is 0 Å². The Hall–Kier alpha value is -4.46. The van der Waals surface area contributed by atoms with Crippen molar-refractivity contribution in [2.75, 3.05) is 5.94 Å². The fourth-order valence-corrected chi connectivity index (χ4v) is 7.95. The van der Waals surface area contributed by atoms with Crippen molar-refractivity contribution in [2.24, 2.45) is 23.7 Å². The topological polar surface area (TPSA) is 179 Å². The highest BCUT2D eigenvalue weighted by Crippen LogP contribution is 2.31. The van der Waals surface area contributed by atoms with Crippen molar-refractivity contribution >= 4 is 40.5 Å². The summed E-state index contributed by atoms with van der Waals surface area (Å²) in [6, 6.07) is 18.9. The molecule has 1 saturated carbocycles. The molecule has 2 unspecified atom stereocenters. The predicted molar refractivity (Wildman–Crippen MR) is 214 cm³/mol. The second-order valence-corrected chi connectivity index (χ2v) is 15.9. The van der Waals surface area contributed by atoms with Crippen LogP contribution < -0.4 is 20.7 Å². The van der Waals surface area contributed by atoms with Gasteiger partial charge in [-0.25, -0.2) is 9.97 Å². The van der Waals surface area contributed by atoms with E-state index in [0.717, 1.165) is 48.0 Å². The van der Waals surface area contributed by atoms with Crippen LogP contribution in [0.3, 0.4) is 0 Å². The molecule has 0 bridgehead atoms. The first kappa shape index (κ1) is 41.7. The van der Waals surface area contributed by atoms with Gasteiger partial charge in [0.25, 0.3) is 5.91 Å². The van der Waals surface area contributed by atoms with Crippen LogP contribution in [0.5, 0.6) is 5.75 Å². The van der Waals surface area contributed by atoms with Gasteiger partial charge < -0.3 is 35.9 Å². The maximum absolute atomic E-state index is 14.1. The quantitative estimate of drug-likeness (QED) is 0.0493. The normalized spacial score (nSPS) is 16.8. The summed E-state index contributed by atoms with van der Waals surface area (Å²) >= 11 is 1.48. The fourth-order valence-electron chi connectivity index (χ4n) is 7.28. The van der Waals surface area contributed by atoms with Gasteiger partial charge >= 0.3 is 0 Å². The number of hydrogen-bond donors (Lipinski definition) is 6. The van der Waals surface area contributed by atoms with Crippen LogP contribution in [-0.4, -0.2) is 73.1 Å². The van der Waals surface area contributed by atoms with Gasteiger partial charge in [0.05, 0.1) is 35.6 Å². The average molecular weight is 773 g/mol. The molecule has 1 aliphatic carbocycles. The molecule has 6 atom stereocenters. The second-order valence-electron chi connectivity index (χ2n) is 14.9. The molecule has 2 heterocycles. The molecule has 2 aromatic carbocycles. The van der Waals surface area contributed by atoms with E-state index in [1.807, 2.05) is 68.4 Å². The van der Waals surface area contributed by atoms with E-state index in [9.17, 15) is 24.6 Å². The summed E-state index contributed by atoms with van der Waals surface area (Å²) in [6.45, 7) is 7.54. The van der Waals surface area contributed by atoms with Crippen molar-refractivity contribution in [1.29, 1.82) is 0 Å². The highest BCUT2D eigenvalue weighted by atomic mass is 32.2. The number of imidazole rings is 1. The van der Waals surface area contributed by atoms with Crippen molar-refractivity contribution in [3.63, 3.8) is 0 Å². The van der Waals surface area contributed by atoms with Gasteiger partial charge in [0.1, 0.15) is 23.9 Å². The van der Waals surface area contributed by atoms with Gasteiger partial charge in [0.2, 0.25) is 11.8 Å². The molecular weight excluding hydrogens is 717 g/mol. The van der Waals surface area contributed by atoms with Crippen LogP contribution in [0, 0.1) is 23.7 Å². The van der Waals surface area contributed by atoms with E-state index in [4.69, 9.17) is 4.74 Å². The predicted octanol–water partition coefficient (Wildman–Crippen LogP) is 6.00. The molecule has 12 nitrogen and oxygen atoms in total. The fraction of sp³-hybridized carbons (Fsp3) is 0.500. The maximum Gasteiger partial charge on any atom is 0.274 e. The lowest BCUT2D eigenvalue weighted by Gasteiger charge is -2.36. The number of nitrogens with one attached hydrogen (secondary N) is 4. The molecule has 296 valence electrons. The van der Waals surface area contributed by atoms with Gasteiger partial charge in [-0.05, 0) is 60.6 Å². The zero-order valence-corrected chi connectivity index (χ0v) is 33.1. The smallest absolute Gasteiger partial charge is 0.274 e. The summed E-state index contributed by atoms with van der Waals surface area (Å²) in [6.07, 6.45) is 4.61. The van der Waals surface area contributed by atoms with Crippen LogP contribution in [0.1, 0.15) is 89.0 Å². The zero-order valence-electron chi connectivity index (χ0n) is 32.2. The number of aliphatic hydroxyl groups excluding tert-OH is 2. The van der Waals surface area contributed by atoms with E-state index < -0.39 is 47.9 Å². The lowest BCUT2D eigenvalue weighted by molar-refractivity contribution is -0.140. The number of hydrogen-bond acceptors (Lipinski definition) is 9. The van der Waals surface area contributed by atoms with Crippen LogP contribution in [0.2, 0.25) is 0 Å². The Morgan fingerprint density at radius 2 is 1.64 bits per heavy atom. The molecule has 55 heavy (non-hydrogen) atoms. The standard InChI is InChI=1S/C42H56N6O6S/c1-5-27(4)36(41(52)44-24-34-45-30-19-12-13-20-31(30)46-34)48-40(51)35(26(2)3)39(50)38(49)32(23-28-15-8-6-9-16-28)47-42(53)37-33(21-14-22-43-37)54-25-55-29-17-10-7-11-18-29/h7,10-14,17-22,26-28,32,35-36,38-39,49-50H,5-6,8-9,15-16,23-25H2,1-4H3,(H,44,52)(H,45,46)(H,47,53)(H,48,51)/t27?,32-,35+,36?,38+,39+/m0/s1. The Kier molecular flexibility index (Phi) is 15.5. The molecule has 4 aromatic rings. The van der Waals surface area contributed by atoms with E-state index in [1.54, 1.807) is 26.0 Å². The highest BCUT2D eigenvalue weighted by Gasteiger charge is 2.41. The number of aliphatic hydroxyl groups is 2. The van der Waals surface area contributed by atoms with Gasteiger partial charge in [-0.1, -0.05) is 108 Å². The minimum absolute atomic E-state index is 0.0645. The molecule has 0 spiro atoms. The van der Waals surface area contributed by atoms with E-state index in [0.29, 0.717) is 24.4 Å². The molecule has 1 fully saturated rings. The van der Waals surface area contributed by atoms with Crippen LogP contribution in [-0.2, 0) is 16.1 Å².